The summed E-state index contributed by atoms with van der Waals surface area (Å²) in [6.07, 6.45) is 6.18. The van der Waals surface area contributed by atoms with Crippen LogP contribution < -0.4 is 0 Å². The quantitative estimate of drug-likeness (QED) is 0.705. The lowest BCUT2D eigenvalue weighted by molar-refractivity contribution is -0.145. The van der Waals surface area contributed by atoms with Crippen LogP contribution in [0.25, 0.3) is 0 Å². The van der Waals surface area contributed by atoms with E-state index in [2.05, 4.69) is 6.58 Å². The van der Waals surface area contributed by atoms with Gasteiger partial charge in [0.15, 0.2) is 0 Å². The van der Waals surface area contributed by atoms with Crippen molar-refractivity contribution in [3.63, 3.8) is 0 Å². The molecule has 4 nitrogen and oxygen atoms in total. The van der Waals surface area contributed by atoms with Crippen molar-refractivity contribution in [2.45, 2.75) is 20.3 Å². The van der Waals surface area contributed by atoms with Gasteiger partial charge in [-0.15, -0.1) is 6.58 Å². The van der Waals surface area contributed by atoms with E-state index >= 15 is 0 Å². The fraction of sp³-hybridized carbons (Fsp3) is 0.333. The van der Waals surface area contributed by atoms with Gasteiger partial charge in [0.25, 0.3) is 0 Å². The molecular formula is C12H16O4. The van der Waals surface area contributed by atoms with E-state index in [0.29, 0.717) is 0 Å². The second-order valence-electron chi connectivity index (χ2n) is 3.66. The molecule has 2 N–H and O–H groups in total. The van der Waals surface area contributed by atoms with Crippen LogP contribution in [-0.4, -0.2) is 22.2 Å². The lowest BCUT2D eigenvalue weighted by Crippen LogP contribution is -2.28. The van der Waals surface area contributed by atoms with Crippen molar-refractivity contribution in [2.75, 3.05) is 0 Å². The first-order chi connectivity index (χ1) is 7.37. The average Bonchev–Trinajstić information content (AvgIpc) is 2.18. The van der Waals surface area contributed by atoms with E-state index in [0.717, 1.165) is 0 Å². The summed E-state index contributed by atoms with van der Waals surface area (Å²) < 4.78 is 0. The summed E-state index contributed by atoms with van der Waals surface area (Å²) in [5.41, 5.74) is -0.949. The Morgan fingerprint density at radius 2 is 2.00 bits per heavy atom. The summed E-state index contributed by atoms with van der Waals surface area (Å²) in [5, 5.41) is 17.5. The highest BCUT2D eigenvalue weighted by Gasteiger charge is 2.34. The maximum absolute atomic E-state index is 10.8. The summed E-state index contributed by atoms with van der Waals surface area (Å²) in [7, 11) is 0. The number of rotatable bonds is 2. The van der Waals surface area contributed by atoms with Gasteiger partial charge in [0.2, 0.25) is 0 Å². The summed E-state index contributed by atoms with van der Waals surface area (Å²) in [6, 6.07) is 0. The van der Waals surface area contributed by atoms with E-state index in [9.17, 15) is 9.59 Å². The zero-order valence-corrected chi connectivity index (χ0v) is 9.43. The zero-order valence-electron chi connectivity index (χ0n) is 9.43. The minimum atomic E-state index is -1.08. The smallest absolute Gasteiger partial charge is 0.331 e. The van der Waals surface area contributed by atoms with Crippen LogP contribution in [0.1, 0.15) is 20.3 Å². The van der Waals surface area contributed by atoms with Gasteiger partial charge in [-0.1, -0.05) is 24.3 Å². The molecule has 0 spiro atoms. The van der Waals surface area contributed by atoms with Gasteiger partial charge in [-0.05, 0) is 20.3 Å². The van der Waals surface area contributed by atoms with Crippen molar-refractivity contribution >= 4 is 11.9 Å². The number of allylic oxidation sites excluding steroid dienone is 3. The molecule has 0 aromatic rings. The molecule has 0 saturated heterocycles. The van der Waals surface area contributed by atoms with Crippen LogP contribution in [0.4, 0.5) is 0 Å². The Labute approximate surface area is 94.6 Å². The Bertz CT molecular complexity index is 352. The Hall–Kier alpha value is -1.84. The van der Waals surface area contributed by atoms with E-state index < -0.39 is 17.4 Å². The molecule has 1 unspecified atom stereocenters. The standard InChI is InChI=1S/C9H10O4.C3H6/c1-9(8(12)13)4-2-3-6(5-9)7(10)11;1-3-2/h2-4H,5H2,1H3,(H,10,11)(H,12,13);3H,1H2,2H3. The predicted octanol–water partition coefficient (Wildman–Crippen LogP) is 2.24. The van der Waals surface area contributed by atoms with Crippen LogP contribution >= 0.6 is 0 Å². The number of carboxylic acids is 2. The van der Waals surface area contributed by atoms with Crippen molar-refractivity contribution in [3.8, 4) is 0 Å². The van der Waals surface area contributed by atoms with Crippen molar-refractivity contribution in [1.82, 2.24) is 0 Å². The molecule has 0 radical (unpaired) electrons. The van der Waals surface area contributed by atoms with Gasteiger partial charge in [0, 0.05) is 5.57 Å². The SMILES string of the molecule is C=CC.CC1(C(=O)O)C=CC=C(C(=O)O)C1. The third-order valence-electron chi connectivity index (χ3n) is 2.08. The maximum atomic E-state index is 10.8. The minimum Gasteiger partial charge on any atom is -0.481 e. The molecule has 0 heterocycles. The molecule has 16 heavy (non-hydrogen) atoms. The van der Waals surface area contributed by atoms with E-state index in [1.807, 2.05) is 6.92 Å². The van der Waals surface area contributed by atoms with Gasteiger partial charge in [0.05, 0.1) is 5.41 Å². The monoisotopic (exact) mass is 224 g/mol. The van der Waals surface area contributed by atoms with Gasteiger partial charge >= 0.3 is 11.9 Å². The third-order valence-corrected chi connectivity index (χ3v) is 2.08. The van der Waals surface area contributed by atoms with E-state index in [4.69, 9.17) is 10.2 Å². The predicted molar refractivity (Wildman–Crippen MR) is 61.1 cm³/mol. The van der Waals surface area contributed by atoms with Crippen LogP contribution in [0.3, 0.4) is 0 Å². The Balaban J connectivity index is 0.000000673. The van der Waals surface area contributed by atoms with Crippen molar-refractivity contribution < 1.29 is 19.8 Å². The molecule has 4 heteroatoms. The molecule has 0 saturated carbocycles. The number of carboxylic acid groups (broad SMARTS) is 2. The van der Waals surface area contributed by atoms with Crippen LogP contribution in [0, 0.1) is 5.41 Å². The molecule has 0 bridgehead atoms. The third kappa shape index (κ3) is 3.73. The van der Waals surface area contributed by atoms with Gasteiger partial charge in [0.1, 0.15) is 0 Å². The van der Waals surface area contributed by atoms with Crippen molar-refractivity contribution in [1.29, 1.82) is 0 Å². The Kier molecular flexibility index (Phi) is 5.22. The fourth-order valence-electron chi connectivity index (χ4n) is 1.18. The molecule has 88 valence electrons. The summed E-state index contributed by atoms with van der Waals surface area (Å²) >= 11 is 0. The number of carbonyl (C=O) groups is 2. The topological polar surface area (TPSA) is 74.6 Å². The van der Waals surface area contributed by atoms with E-state index in [1.54, 1.807) is 6.08 Å². The highest BCUT2D eigenvalue weighted by Crippen LogP contribution is 2.31. The van der Waals surface area contributed by atoms with Gasteiger partial charge in [-0.2, -0.15) is 0 Å². The summed E-state index contributed by atoms with van der Waals surface area (Å²) in [6.45, 7) is 6.75. The number of hydrogen-bond acceptors (Lipinski definition) is 2. The average molecular weight is 224 g/mol. The molecule has 0 aromatic heterocycles. The van der Waals surface area contributed by atoms with Gasteiger partial charge in [-0.25, -0.2) is 4.79 Å². The lowest BCUT2D eigenvalue weighted by atomic mass is 9.80. The summed E-state index contributed by atoms with van der Waals surface area (Å²) in [5.74, 6) is -2.06. The normalized spacial score (nSPS) is 22.5. The fourth-order valence-corrected chi connectivity index (χ4v) is 1.18. The van der Waals surface area contributed by atoms with Crippen LogP contribution in [0.15, 0.2) is 36.5 Å². The number of aliphatic carboxylic acids is 2. The highest BCUT2D eigenvalue weighted by molar-refractivity contribution is 5.90. The second-order valence-corrected chi connectivity index (χ2v) is 3.66. The van der Waals surface area contributed by atoms with Crippen LogP contribution in [0.2, 0.25) is 0 Å². The largest absolute Gasteiger partial charge is 0.481 e. The highest BCUT2D eigenvalue weighted by atomic mass is 16.4. The molecule has 0 aromatic carbocycles. The number of hydrogen-bond donors (Lipinski definition) is 2. The Morgan fingerprint density at radius 3 is 2.38 bits per heavy atom. The zero-order chi connectivity index (χ0) is 12.8. The van der Waals surface area contributed by atoms with E-state index in [1.165, 1.54) is 25.2 Å². The molecule has 0 fully saturated rings. The van der Waals surface area contributed by atoms with Crippen LogP contribution in [-0.2, 0) is 9.59 Å². The first-order valence-electron chi connectivity index (χ1n) is 4.79. The maximum Gasteiger partial charge on any atom is 0.331 e. The van der Waals surface area contributed by atoms with Crippen LogP contribution in [0.5, 0.6) is 0 Å². The van der Waals surface area contributed by atoms with Gasteiger partial charge < -0.3 is 10.2 Å². The molecule has 1 rings (SSSR count). The Morgan fingerprint density at radius 1 is 1.50 bits per heavy atom. The lowest BCUT2D eigenvalue weighted by Gasteiger charge is -2.23. The molecule has 0 aliphatic heterocycles. The molecular weight excluding hydrogens is 208 g/mol. The molecule has 0 amide bonds. The van der Waals surface area contributed by atoms with E-state index in [-0.39, 0.29) is 12.0 Å². The molecule has 1 aliphatic rings. The molecule has 1 aliphatic carbocycles. The first kappa shape index (κ1) is 14.2. The van der Waals surface area contributed by atoms with Crippen molar-refractivity contribution in [3.05, 3.63) is 36.5 Å². The minimum absolute atomic E-state index is 0.0359. The van der Waals surface area contributed by atoms with Crippen molar-refractivity contribution in [2.24, 2.45) is 5.41 Å². The molecule has 1 atom stereocenters. The second kappa shape index (κ2) is 5.90. The van der Waals surface area contributed by atoms with Gasteiger partial charge in [-0.3, -0.25) is 4.79 Å². The first-order valence-corrected chi connectivity index (χ1v) is 4.79. The summed E-state index contributed by atoms with van der Waals surface area (Å²) in [4.78, 5) is 21.3.